The van der Waals surface area contributed by atoms with Crippen molar-refractivity contribution in [3.05, 3.63) is 132 Å². The van der Waals surface area contributed by atoms with E-state index in [9.17, 15) is 106 Å². The van der Waals surface area contributed by atoms with Gasteiger partial charge in [0.1, 0.15) is 39.9 Å². The molecule has 5 rings (SSSR count). The Labute approximate surface area is 885 Å². The number of thioether (sulfide) groups is 3. The van der Waals surface area contributed by atoms with Crippen molar-refractivity contribution < 1.29 is 125 Å². The Kier molecular flexibility index (Phi) is 65.0. The molecule has 0 aliphatic carbocycles. The number of carboxylic acid groups (broad SMARTS) is 2. The minimum absolute atomic E-state index is 0.000429. The number of nitrogens with zero attached hydrogens (tertiary/aromatic N) is 5. The summed E-state index contributed by atoms with van der Waals surface area (Å²) in [5.74, 6) is -8.42. The van der Waals surface area contributed by atoms with E-state index in [-0.39, 0.29) is 197 Å². The van der Waals surface area contributed by atoms with Crippen LogP contribution >= 0.6 is 47.9 Å². The Balaban J connectivity index is 0.000000675. The van der Waals surface area contributed by atoms with Gasteiger partial charge in [-0.25, -0.2) is 0 Å². The summed E-state index contributed by atoms with van der Waals surface area (Å²) in [6.45, 7) is 20.5. The highest BCUT2D eigenvalue weighted by Crippen LogP contribution is 2.49. The summed E-state index contributed by atoms with van der Waals surface area (Å²) in [6, 6.07) is 31.6. The predicted molar refractivity (Wildman–Crippen MR) is 570 cm³/mol. The summed E-state index contributed by atoms with van der Waals surface area (Å²) >= 11 is 8.52. The van der Waals surface area contributed by atoms with Crippen LogP contribution in [0, 0.1) is 23.7 Å². The number of amides is 10. The number of nitrogens with one attached hydrogen (secondary N) is 3. The molecule has 0 unspecified atom stereocenters. The molecular weight excluding hydrogens is 1970 g/mol. The fraction of sp³-hybridized carbons (Fsp3) is 0.602. The molecule has 0 radical (unpaired) electrons. The van der Waals surface area contributed by atoms with E-state index in [4.69, 9.17) is 25.1 Å². The number of rotatable bonds is 67. The lowest BCUT2D eigenvalue weighted by Gasteiger charge is -2.35. The van der Waals surface area contributed by atoms with Crippen LogP contribution in [0.2, 0.25) is 0 Å². The molecule has 0 fully saturated rings. The van der Waals surface area contributed by atoms with Crippen LogP contribution in [0.4, 0.5) is 0 Å². The van der Waals surface area contributed by atoms with E-state index in [0.717, 1.165) is 109 Å². The Morgan fingerprint density at radius 3 is 0.939 bits per heavy atom. The summed E-state index contributed by atoms with van der Waals surface area (Å²) < 4.78 is 15.4. The first kappa shape index (κ1) is 132. The topological polar surface area (TPSA) is 505 Å². The van der Waals surface area contributed by atoms with Gasteiger partial charge < -0.3 is 60.8 Å². The number of carbonyl (C=O) groups excluding carboxylic acids is 19. The van der Waals surface area contributed by atoms with E-state index in [2.05, 4.69) is 101 Å². The molecule has 0 aromatic heterocycles. The van der Waals surface area contributed by atoms with Crippen molar-refractivity contribution in [2.75, 3.05) is 103 Å². The van der Waals surface area contributed by atoms with Gasteiger partial charge in [-0.15, -0.1) is 11.8 Å². The van der Waals surface area contributed by atoms with Crippen molar-refractivity contribution in [3.63, 3.8) is 0 Å². The quantitative estimate of drug-likeness (QED) is 0.00689. The number of aliphatic carboxylic acids is 2. The van der Waals surface area contributed by atoms with E-state index in [1.54, 1.807) is 83.5 Å². The Bertz CT molecular complexity index is 4670. The average Bonchev–Trinajstić information content (AvgIpc) is 1.42. The van der Waals surface area contributed by atoms with Crippen LogP contribution in [0.15, 0.2) is 115 Å². The Morgan fingerprint density at radius 2 is 0.653 bits per heavy atom. The van der Waals surface area contributed by atoms with Crippen molar-refractivity contribution >= 4 is 170 Å². The average molecular weight is 2130 g/mol. The maximum Gasteiger partial charge on any atom is 0.306 e. The van der Waals surface area contributed by atoms with Crippen LogP contribution in [0.1, 0.15) is 285 Å². The van der Waals surface area contributed by atoms with Gasteiger partial charge in [0.25, 0.3) is 23.6 Å². The van der Waals surface area contributed by atoms with Gasteiger partial charge in [0.2, 0.25) is 35.4 Å². The van der Waals surface area contributed by atoms with Gasteiger partial charge in [-0.3, -0.25) is 110 Å². The fourth-order valence-electron chi connectivity index (χ4n) is 15.4. The number of Topliss-reactive ketones (excluding diaryl/α,β-unsaturated/α-hetero) is 4. The van der Waals surface area contributed by atoms with E-state index >= 15 is 0 Å². The van der Waals surface area contributed by atoms with E-state index in [1.165, 1.54) is 68.8 Å². The summed E-state index contributed by atoms with van der Waals surface area (Å²) in [5.41, 5.74) is 7.29. The molecule has 0 saturated carbocycles. The second-order valence-corrected chi connectivity index (χ2v) is 43.4. The van der Waals surface area contributed by atoms with Crippen molar-refractivity contribution in [3.8, 4) is 0 Å². The van der Waals surface area contributed by atoms with Gasteiger partial charge in [0, 0.05) is 213 Å². The first-order valence-corrected chi connectivity index (χ1v) is 54.1. The molecule has 39 heteroatoms. The van der Waals surface area contributed by atoms with Crippen LogP contribution in [-0.2, 0) is 120 Å². The number of carboxylic acids is 2. The van der Waals surface area contributed by atoms with Gasteiger partial charge >= 0.3 is 29.8 Å². The Morgan fingerprint density at radius 1 is 0.367 bits per heavy atom. The molecule has 147 heavy (non-hydrogen) atoms. The molecule has 35 nitrogen and oxygen atoms in total. The number of hydrogen-bond donors (Lipinski definition) is 7. The largest absolute Gasteiger partial charge is 0.481 e. The predicted octanol–water partition coefficient (Wildman–Crippen LogP) is 13.3. The van der Waals surface area contributed by atoms with Crippen molar-refractivity contribution in [2.24, 2.45) is 29.4 Å². The standard InChI is InChI=1S/C39H49NO6S.C28H43N3O8S.C21H32N4O6S.C20H35NO6S/c1-38(2,3)46-36(44)25-17-26-40(4)37(45)30(29-35(42)43)28-34(41)24-15-8-16-27-47-39(31-18-9-5-10-19-31,32-20-11-6-12-21-32)33-22-13-7-14-23-33;1-20(32)40-17-8-6-7-10-22(33)18-21(19-23(34)29-14-16-31-24(35)12-13-25(31)36)27(38)30(5)15-9-11-26(37)39-28(2,3)4;1-15(26)32-12-4-2-3-5-17(27)13-16(21(31)24-9-8-22)14-18(28)23-10-11-25-19(29)6-7-20(25)30;1-20(2,3)27-18(25)10-8-11-21(4)19(26)15(14-17(23)24)13-16(22)9-6-5-7-12-28/h5-7,9-14,18-23,30H,8,15-17,24-29H2,1-4H3,(H,42,43);12-13,21H,6-11,14-19H2,1-5H3,(H,29,34);6-7,16H,2-5,8-14,22H2,1H3,(H,23,28)(H,24,31);15,28H,5-14H2,1-4H3,(H,23,24)/t30-;21-;16-;15-/m0000/s1. The summed E-state index contributed by atoms with van der Waals surface area (Å²) in [6.07, 6.45) is 15.4. The highest BCUT2D eigenvalue weighted by molar-refractivity contribution is 8.13. The van der Waals surface area contributed by atoms with Crippen molar-refractivity contribution in [1.29, 1.82) is 0 Å². The van der Waals surface area contributed by atoms with Crippen molar-refractivity contribution in [1.82, 2.24) is 40.4 Å². The second kappa shape index (κ2) is 72.4. The third kappa shape index (κ3) is 59.7. The molecule has 0 spiro atoms. The molecular formula is C108H159N9O26S4. The molecule has 3 aromatic rings. The van der Waals surface area contributed by atoms with Gasteiger partial charge in [-0.1, -0.05) is 140 Å². The summed E-state index contributed by atoms with van der Waals surface area (Å²) in [5, 5.41) is 26.4. The number of carbonyl (C=O) groups is 21. The van der Waals surface area contributed by atoms with E-state index < -0.39 is 100 Å². The lowest BCUT2D eigenvalue weighted by Crippen LogP contribution is -2.41. The smallest absolute Gasteiger partial charge is 0.306 e. The van der Waals surface area contributed by atoms with Gasteiger partial charge in [-0.2, -0.15) is 12.6 Å². The van der Waals surface area contributed by atoms with Gasteiger partial charge in [0.15, 0.2) is 10.2 Å². The van der Waals surface area contributed by atoms with Crippen molar-refractivity contribution in [2.45, 2.75) is 290 Å². The zero-order chi connectivity index (χ0) is 110. The number of unbranched alkanes of at least 4 members (excludes halogenated alkanes) is 8. The first-order chi connectivity index (χ1) is 69.3. The van der Waals surface area contributed by atoms with Crippen LogP contribution in [-0.4, -0.2) is 277 Å². The molecule has 0 bridgehead atoms. The highest BCUT2D eigenvalue weighted by atomic mass is 32.2. The van der Waals surface area contributed by atoms with Gasteiger partial charge in [0.05, 0.1) is 41.3 Å². The SMILES string of the molecule is CC(=O)SCCCCCC(=O)C[C@@H](CC(=O)NCCN1C(=O)C=CC1=O)C(=O)N(C)CCCC(=O)OC(C)(C)C.CC(=O)SCCCCCC(=O)C[C@@H](CC(=O)NCCN1C(=O)C=CC1=O)C(=O)NCCN.CN(CCCC(=O)OC(C)(C)C)C(=O)[C@H](CC(=O)O)CC(=O)CCCCCS.CN(CCCC(=O)OC(C)(C)C)C(=O)[C@H](CC(=O)O)CC(=O)CCCCCSC(c1ccccc1)(c1ccccc1)c1ccccc1. The lowest BCUT2D eigenvalue weighted by atomic mass is 9.84. The zero-order valence-corrected chi connectivity index (χ0v) is 91.7. The van der Waals surface area contributed by atoms with Crippen LogP contribution < -0.4 is 21.7 Å². The molecule has 4 atom stereocenters. The minimum Gasteiger partial charge on any atom is -0.481 e. The normalized spacial score (nSPS) is 13.0. The highest BCUT2D eigenvalue weighted by Gasteiger charge is 2.38. The fourth-order valence-corrected chi connectivity index (χ4v) is 18.5. The summed E-state index contributed by atoms with van der Waals surface area (Å²) in [4.78, 5) is 259. The second-order valence-electron chi connectivity index (χ2n) is 39.1. The number of imide groups is 2. The molecule has 816 valence electrons. The number of thiol groups is 1. The number of nitrogens with two attached hydrogens (primary N) is 1. The molecule has 10 amide bonds. The number of ether oxygens (including phenoxy) is 3. The van der Waals surface area contributed by atoms with Crippen LogP contribution in [0.25, 0.3) is 0 Å². The van der Waals surface area contributed by atoms with Gasteiger partial charge in [-0.05, 0) is 161 Å². The number of hydrogen-bond acceptors (Lipinski definition) is 29. The number of esters is 3. The van der Waals surface area contributed by atoms with Crippen LogP contribution in [0.5, 0.6) is 0 Å². The minimum atomic E-state index is -1.12. The number of benzene rings is 3. The third-order valence-electron chi connectivity index (χ3n) is 22.5. The maximum atomic E-state index is 13.2. The zero-order valence-electron chi connectivity index (χ0n) is 88.4. The van der Waals surface area contributed by atoms with E-state index in [0.29, 0.717) is 70.1 Å². The monoisotopic (exact) mass is 2130 g/mol. The lowest BCUT2D eigenvalue weighted by molar-refractivity contribution is -0.156. The molecule has 3 aromatic carbocycles. The maximum absolute atomic E-state index is 13.2. The molecule has 2 heterocycles. The molecule has 7 N–H and O–H groups in total. The third-order valence-corrected chi connectivity index (χ3v) is 26.2. The molecule has 0 saturated heterocycles. The summed E-state index contributed by atoms with van der Waals surface area (Å²) in [7, 11) is 4.70. The first-order valence-electron chi connectivity index (χ1n) is 50.5. The molecule has 2 aliphatic heterocycles. The molecule has 2 aliphatic rings. The Hall–Kier alpha value is -11.0. The van der Waals surface area contributed by atoms with Crippen LogP contribution in [0.3, 0.4) is 0 Å². The van der Waals surface area contributed by atoms with E-state index in [1.807, 2.05) is 30.0 Å². The number of ketones is 4.